The van der Waals surface area contributed by atoms with Crippen LogP contribution in [0.1, 0.15) is 18.7 Å². The summed E-state index contributed by atoms with van der Waals surface area (Å²) in [6.07, 6.45) is 5.70. The number of fused-ring (bicyclic) bond motifs is 1. The standard InChI is InChI=1S/C19H22N4O2/c1-22-18(21-10-6-19(22)24)13-23-11-7-14(8-12-23)25-17-4-2-3-16-15(17)5-9-20-16/h2-6,9-10,14,20H,7-8,11-13H2,1H3. The predicted molar refractivity (Wildman–Crippen MR) is 96.7 cm³/mol. The van der Waals surface area contributed by atoms with Crippen molar-refractivity contribution >= 4 is 10.9 Å². The zero-order chi connectivity index (χ0) is 17.2. The molecule has 2 aromatic heterocycles. The summed E-state index contributed by atoms with van der Waals surface area (Å²) in [6, 6.07) is 9.66. The van der Waals surface area contributed by atoms with Crippen LogP contribution in [0.2, 0.25) is 0 Å². The summed E-state index contributed by atoms with van der Waals surface area (Å²) in [5.74, 6) is 1.76. The normalized spacial score (nSPS) is 16.4. The van der Waals surface area contributed by atoms with Crippen LogP contribution in [0.15, 0.2) is 47.5 Å². The molecule has 0 unspecified atom stereocenters. The average Bonchev–Trinajstić information content (AvgIpc) is 3.10. The molecule has 3 heterocycles. The minimum atomic E-state index is -0.0113. The number of aromatic amines is 1. The molecule has 0 atom stereocenters. The summed E-state index contributed by atoms with van der Waals surface area (Å²) in [4.78, 5) is 21.6. The summed E-state index contributed by atoms with van der Waals surface area (Å²) in [6.45, 7) is 2.59. The van der Waals surface area contributed by atoms with E-state index in [1.54, 1.807) is 17.8 Å². The van der Waals surface area contributed by atoms with Gasteiger partial charge in [-0.2, -0.15) is 0 Å². The van der Waals surface area contributed by atoms with Gasteiger partial charge in [-0.15, -0.1) is 0 Å². The Balaban J connectivity index is 1.38. The maximum atomic E-state index is 11.7. The average molecular weight is 338 g/mol. The van der Waals surface area contributed by atoms with E-state index in [2.05, 4.69) is 27.0 Å². The van der Waals surface area contributed by atoms with E-state index in [9.17, 15) is 4.79 Å². The van der Waals surface area contributed by atoms with Crippen molar-refractivity contribution < 1.29 is 4.74 Å². The minimum Gasteiger partial charge on any atom is -0.490 e. The second-order valence-corrected chi connectivity index (χ2v) is 6.55. The van der Waals surface area contributed by atoms with Crippen LogP contribution in [0.3, 0.4) is 0 Å². The number of hydrogen-bond donors (Lipinski definition) is 1. The van der Waals surface area contributed by atoms with Crippen LogP contribution in [0.5, 0.6) is 5.75 Å². The number of benzene rings is 1. The molecule has 0 saturated carbocycles. The number of H-pyrrole nitrogens is 1. The van der Waals surface area contributed by atoms with E-state index in [0.29, 0.717) is 6.54 Å². The largest absolute Gasteiger partial charge is 0.490 e. The van der Waals surface area contributed by atoms with Gasteiger partial charge in [0.25, 0.3) is 5.56 Å². The molecule has 3 aromatic rings. The third kappa shape index (κ3) is 3.30. The summed E-state index contributed by atoms with van der Waals surface area (Å²) in [5, 5.41) is 1.13. The van der Waals surface area contributed by atoms with Gasteiger partial charge >= 0.3 is 0 Å². The molecule has 6 heteroatoms. The highest BCUT2D eigenvalue weighted by atomic mass is 16.5. The Bertz CT molecular complexity index is 922. The zero-order valence-electron chi connectivity index (χ0n) is 14.3. The van der Waals surface area contributed by atoms with Gasteiger partial charge in [0.2, 0.25) is 0 Å². The van der Waals surface area contributed by atoms with Crippen molar-refractivity contribution in [1.29, 1.82) is 0 Å². The van der Waals surface area contributed by atoms with Gasteiger partial charge in [0.05, 0.1) is 6.54 Å². The molecule has 1 fully saturated rings. The smallest absolute Gasteiger partial charge is 0.253 e. The number of nitrogens with one attached hydrogen (secondary N) is 1. The quantitative estimate of drug-likeness (QED) is 0.793. The molecule has 0 spiro atoms. The lowest BCUT2D eigenvalue weighted by molar-refractivity contribution is 0.0958. The maximum Gasteiger partial charge on any atom is 0.253 e. The summed E-state index contributed by atoms with van der Waals surface area (Å²) in [7, 11) is 1.78. The van der Waals surface area contributed by atoms with E-state index < -0.39 is 0 Å². The highest BCUT2D eigenvalue weighted by molar-refractivity contribution is 5.85. The summed E-state index contributed by atoms with van der Waals surface area (Å²) < 4.78 is 7.87. The van der Waals surface area contributed by atoms with Crippen LogP contribution in [0.4, 0.5) is 0 Å². The molecule has 1 N–H and O–H groups in total. The summed E-state index contributed by atoms with van der Waals surface area (Å²) in [5.41, 5.74) is 1.09. The Labute approximate surface area is 146 Å². The van der Waals surface area contributed by atoms with Crippen molar-refractivity contribution in [2.75, 3.05) is 13.1 Å². The number of ether oxygens (including phenoxy) is 1. The van der Waals surface area contributed by atoms with Crippen molar-refractivity contribution in [3.05, 3.63) is 58.9 Å². The number of rotatable bonds is 4. The molecule has 0 aliphatic carbocycles. The lowest BCUT2D eigenvalue weighted by atomic mass is 10.1. The Hall–Kier alpha value is -2.60. The van der Waals surface area contributed by atoms with E-state index >= 15 is 0 Å². The SMILES string of the molecule is Cn1c(CN2CCC(Oc3cccc4[nH]ccc34)CC2)nccc1=O. The van der Waals surface area contributed by atoms with Crippen LogP contribution in [-0.2, 0) is 13.6 Å². The number of aromatic nitrogens is 3. The van der Waals surface area contributed by atoms with Gasteiger partial charge in [0, 0.05) is 49.5 Å². The fourth-order valence-electron chi connectivity index (χ4n) is 3.38. The molecule has 0 bridgehead atoms. The molecule has 25 heavy (non-hydrogen) atoms. The molecule has 6 nitrogen and oxygen atoms in total. The van der Waals surface area contributed by atoms with Crippen LogP contribution >= 0.6 is 0 Å². The molecule has 1 aliphatic heterocycles. The van der Waals surface area contributed by atoms with Crippen LogP contribution in [-0.4, -0.2) is 38.6 Å². The second kappa shape index (κ2) is 6.72. The van der Waals surface area contributed by atoms with Crippen molar-refractivity contribution in [3.8, 4) is 5.75 Å². The van der Waals surface area contributed by atoms with Crippen LogP contribution in [0.25, 0.3) is 10.9 Å². The first-order valence-electron chi connectivity index (χ1n) is 8.67. The third-order valence-corrected chi connectivity index (χ3v) is 4.91. The van der Waals surface area contributed by atoms with Gasteiger partial charge in [-0.3, -0.25) is 14.3 Å². The molecule has 1 aliphatic rings. The predicted octanol–water partition coefficient (Wildman–Crippen LogP) is 2.30. The number of likely N-dealkylation sites (tertiary alicyclic amines) is 1. The maximum absolute atomic E-state index is 11.7. The van der Waals surface area contributed by atoms with E-state index in [1.165, 1.54) is 6.07 Å². The lowest BCUT2D eigenvalue weighted by Crippen LogP contribution is -2.39. The van der Waals surface area contributed by atoms with Gasteiger partial charge in [-0.25, -0.2) is 4.98 Å². The first-order chi connectivity index (χ1) is 12.2. The molecular weight excluding hydrogens is 316 g/mol. The number of piperidine rings is 1. The molecule has 1 aromatic carbocycles. The topological polar surface area (TPSA) is 63.1 Å². The highest BCUT2D eigenvalue weighted by Gasteiger charge is 2.22. The van der Waals surface area contributed by atoms with Crippen LogP contribution < -0.4 is 10.3 Å². The number of hydrogen-bond acceptors (Lipinski definition) is 4. The Morgan fingerprint density at radius 1 is 1.24 bits per heavy atom. The Morgan fingerprint density at radius 3 is 2.92 bits per heavy atom. The van der Waals surface area contributed by atoms with Crippen molar-refractivity contribution in [1.82, 2.24) is 19.4 Å². The molecule has 130 valence electrons. The van der Waals surface area contributed by atoms with E-state index in [-0.39, 0.29) is 11.7 Å². The van der Waals surface area contributed by atoms with Gasteiger partial charge in [0.1, 0.15) is 17.7 Å². The lowest BCUT2D eigenvalue weighted by Gasteiger charge is -2.32. The third-order valence-electron chi connectivity index (χ3n) is 4.91. The fourth-order valence-corrected chi connectivity index (χ4v) is 3.38. The van der Waals surface area contributed by atoms with E-state index in [0.717, 1.165) is 48.4 Å². The second-order valence-electron chi connectivity index (χ2n) is 6.55. The van der Waals surface area contributed by atoms with Crippen molar-refractivity contribution in [3.63, 3.8) is 0 Å². The van der Waals surface area contributed by atoms with Gasteiger partial charge in [-0.1, -0.05) is 6.07 Å². The Kier molecular flexibility index (Phi) is 4.28. The molecular formula is C19H22N4O2. The monoisotopic (exact) mass is 338 g/mol. The van der Waals surface area contributed by atoms with Gasteiger partial charge in [-0.05, 0) is 31.0 Å². The van der Waals surface area contributed by atoms with Gasteiger partial charge in [0.15, 0.2) is 0 Å². The summed E-state index contributed by atoms with van der Waals surface area (Å²) >= 11 is 0. The highest BCUT2D eigenvalue weighted by Crippen LogP contribution is 2.27. The van der Waals surface area contributed by atoms with E-state index in [4.69, 9.17) is 4.74 Å². The Morgan fingerprint density at radius 2 is 2.08 bits per heavy atom. The fraction of sp³-hybridized carbons (Fsp3) is 0.368. The minimum absolute atomic E-state index is 0.0113. The molecule has 0 radical (unpaired) electrons. The van der Waals surface area contributed by atoms with E-state index in [1.807, 2.05) is 18.3 Å². The zero-order valence-corrected chi connectivity index (χ0v) is 14.3. The van der Waals surface area contributed by atoms with Crippen molar-refractivity contribution in [2.45, 2.75) is 25.5 Å². The van der Waals surface area contributed by atoms with Gasteiger partial charge < -0.3 is 9.72 Å². The molecule has 0 amide bonds. The molecule has 1 saturated heterocycles. The molecule has 4 rings (SSSR count). The van der Waals surface area contributed by atoms with Crippen LogP contribution in [0, 0.1) is 0 Å². The van der Waals surface area contributed by atoms with Crippen molar-refractivity contribution in [2.24, 2.45) is 7.05 Å². The number of nitrogens with zero attached hydrogens (tertiary/aromatic N) is 3. The first kappa shape index (κ1) is 15.9. The first-order valence-corrected chi connectivity index (χ1v) is 8.67.